The van der Waals surface area contributed by atoms with Crippen molar-refractivity contribution in [2.45, 2.75) is 77.5 Å². The van der Waals surface area contributed by atoms with Gasteiger partial charge in [-0.2, -0.15) is 9.97 Å². The van der Waals surface area contributed by atoms with Crippen molar-refractivity contribution in [1.82, 2.24) is 19.5 Å². The molecule has 2 aromatic rings. The third-order valence-electron chi connectivity index (χ3n) is 5.57. The molecule has 0 spiro atoms. The molecular weight excluding hydrogens is 620 g/mol. The molecule has 3 heterocycles. The van der Waals surface area contributed by atoms with Gasteiger partial charge in [0, 0.05) is 0 Å². The van der Waals surface area contributed by atoms with Crippen LogP contribution in [0.4, 0.5) is 19.9 Å². The smallest absolute Gasteiger partial charge is 0.476 e. The molecule has 1 aliphatic heterocycles. The van der Waals surface area contributed by atoms with Gasteiger partial charge in [0.25, 0.3) is 5.85 Å². The number of halogens is 1. The van der Waals surface area contributed by atoms with Crippen molar-refractivity contribution in [3.63, 3.8) is 0 Å². The van der Waals surface area contributed by atoms with Crippen LogP contribution < -0.4 is 10.5 Å². The van der Waals surface area contributed by atoms with Crippen molar-refractivity contribution in [3.05, 3.63) is 6.33 Å². The van der Waals surface area contributed by atoms with Crippen LogP contribution in [-0.2, 0) is 41.8 Å². The van der Waals surface area contributed by atoms with Crippen LogP contribution in [0.15, 0.2) is 6.33 Å². The highest BCUT2D eigenvalue weighted by Crippen LogP contribution is 2.53. The summed E-state index contributed by atoms with van der Waals surface area (Å²) in [6.07, 6.45) is -6.45. The minimum Gasteiger partial charge on any atom is -0.476 e. The van der Waals surface area contributed by atoms with Crippen molar-refractivity contribution in [2.24, 2.45) is 0 Å². The van der Waals surface area contributed by atoms with E-state index < -0.39 is 76.3 Å². The first-order valence-corrected chi connectivity index (χ1v) is 14.6. The number of phosphoric acid groups is 1. The zero-order valence-corrected chi connectivity index (χ0v) is 25.6. The zero-order chi connectivity index (χ0) is 32.9. The number of aliphatic hydroxyl groups excluding tert-OH is 1. The number of anilines is 1. The number of hydrogen-bond acceptors (Lipinski definition) is 18. The minimum absolute atomic E-state index is 0.0102. The zero-order valence-electron chi connectivity index (χ0n) is 24.7. The number of nitrogen functional groups attached to an aromatic ring is 1. The summed E-state index contributed by atoms with van der Waals surface area (Å²) in [4.78, 5) is 35.4. The lowest BCUT2D eigenvalue weighted by Crippen LogP contribution is -2.49. The van der Waals surface area contributed by atoms with E-state index in [1.807, 2.05) is 0 Å². The molecule has 1 aliphatic rings. The van der Waals surface area contributed by atoms with Gasteiger partial charge in [0.1, 0.15) is 18.3 Å². The van der Waals surface area contributed by atoms with E-state index in [9.17, 15) is 24.4 Å². The minimum atomic E-state index is -4.95. The average molecular weight is 656 g/mol. The maximum absolute atomic E-state index is 16.1. The molecule has 19 nitrogen and oxygen atoms in total. The predicted octanol–water partition coefficient (Wildman–Crippen LogP) is 2.31. The maximum Gasteiger partial charge on any atom is 0.510 e. The van der Waals surface area contributed by atoms with Gasteiger partial charge in [-0.15, -0.1) is 0 Å². The number of aliphatic hydroxyl groups is 2. The third-order valence-corrected chi connectivity index (χ3v) is 6.86. The SMILES string of the molecule is CCOc1nc(N)nc2c1ncn2[C@@H]1O[C@](F)(COP(=O)(OCOC(=O)OC(C)C)OCOC(=O)OC(C)C)[C@@H](O)[C@@]1(C)O. The van der Waals surface area contributed by atoms with Crippen molar-refractivity contribution >= 4 is 37.2 Å². The molecule has 2 aromatic heterocycles. The molecule has 3 rings (SSSR count). The van der Waals surface area contributed by atoms with E-state index in [1.54, 1.807) is 6.92 Å². The number of carbonyl (C=O) groups excluding carboxylic acids is 2. The number of ether oxygens (including phenoxy) is 6. The molecule has 0 aromatic carbocycles. The second-order valence-electron chi connectivity index (χ2n) is 9.87. The lowest BCUT2D eigenvalue weighted by Gasteiger charge is -2.28. The Kier molecular flexibility index (Phi) is 11.3. The third kappa shape index (κ3) is 8.40. The lowest BCUT2D eigenvalue weighted by atomic mass is 9.95. The Morgan fingerprint density at radius 1 is 1.11 bits per heavy atom. The molecule has 0 saturated carbocycles. The predicted molar refractivity (Wildman–Crippen MR) is 142 cm³/mol. The van der Waals surface area contributed by atoms with E-state index in [4.69, 9.17) is 38.3 Å². The van der Waals surface area contributed by atoms with Crippen LogP contribution in [0.5, 0.6) is 5.88 Å². The van der Waals surface area contributed by atoms with Crippen LogP contribution in [0.25, 0.3) is 11.2 Å². The van der Waals surface area contributed by atoms with E-state index in [-0.39, 0.29) is 29.6 Å². The number of hydrogen-bond donors (Lipinski definition) is 3. The van der Waals surface area contributed by atoms with Gasteiger partial charge in [-0.05, 0) is 41.5 Å². The van der Waals surface area contributed by atoms with Crippen LogP contribution in [-0.4, -0.2) is 98.6 Å². The van der Waals surface area contributed by atoms with Gasteiger partial charge in [-0.1, -0.05) is 0 Å². The van der Waals surface area contributed by atoms with Crippen molar-refractivity contribution < 1.29 is 70.8 Å². The fraction of sp³-hybridized carbons (Fsp3) is 0.696. The number of imidazole rings is 1. The van der Waals surface area contributed by atoms with Crippen molar-refractivity contribution in [1.29, 1.82) is 0 Å². The number of aromatic nitrogens is 4. The van der Waals surface area contributed by atoms with Gasteiger partial charge in [0.15, 0.2) is 17.4 Å². The Morgan fingerprint density at radius 2 is 1.68 bits per heavy atom. The Hall–Kier alpha value is -3.39. The summed E-state index contributed by atoms with van der Waals surface area (Å²) in [5.74, 6) is -3.50. The van der Waals surface area contributed by atoms with Gasteiger partial charge < -0.3 is 44.4 Å². The fourth-order valence-electron chi connectivity index (χ4n) is 3.72. The van der Waals surface area contributed by atoms with E-state index in [0.717, 1.165) is 17.8 Å². The maximum atomic E-state index is 16.1. The molecule has 4 N–H and O–H groups in total. The second kappa shape index (κ2) is 14.1. The second-order valence-corrected chi connectivity index (χ2v) is 11.5. The molecule has 0 radical (unpaired) electrons. The summed E-state index contributed by atoms with van der Waals surface area (Å²) in [6, 6.07) is 0. The van der Waals surface area contributed by atoms with Gasteiger partial charge in [0.2, 0.25) is 25.4 Å². The van der Waals surface area contributed by atoms with E-state index >= 15 is 4.39 Å². The molecule has 1 fully saturated rings. The van der Waals surface area contributed by atoms with Crippen molar-refractivity contribution in [3.8, 4) is 5.88 Å². The van der Waals surface area contributed by atoms with Gasteiger partial charge >= 0.3 is 20.1 Å². The summed E-state index contributed by atoms with van der Waals surface area (Å²) < 4.78 is 74.7. The van der Waals surface area contributed by atoms with Crippen LogP contribution in [0.2, 0.25) is 0 Å². The van der Waals surface area contributed by atoms with E-state index in [2.05, 4.69) is 24.4 Å². The molecule has 0 amide bonds. The van der Waals surface area contributed by atoms with Gasteiger partial charge in [-0.3, -0.25) is 9.09 Å². The van der Waals surface area contributed by atoms with E-state index in [1.165, 1.54) is 27.7 Å². The molecule has 4 atom stereocenters. The standard InChI is InChI=1S/C23H35FN5O14P/c1-7-35-16-14-15(27-19(25)28-16)29(9-26-14)18-22(6,33)17(30)23(24,43-18)8-38-44(34,39-10-36-20(31)41-12(2)3)40-11-37-21(32)42-13(4)5/h9,12-13,17-18,30,33H,7-8,10-11H2,1-6H3,(H2,25,27,28)/t17-,18+,22+,23+/m0/s1. The van der Waals surface area contributed by atoms with Gasteiger partial charge in [0.05, 0.1) is 25.1 Å². The van der Waals surface area contributed by atoms with Crippen LogP contribution in [0.1, 0.15) is 47.8 Å². The highest BCUT2D eigenvalue weighted by Gasteiger charge is 2.64. The van der Waals surface area contributed by atoms with Crippen LogP contribution in [0.3, 0.4) is 0 Å². The number of phosphoric ester groups is 1. The summed E-state index contributed by atoms with van der Waals surface area (Å²) in [5.41, 5.74) is 3.45. The Labute approximate surface area is 250 Å². The average Bonchev–Trinajstić information content (AvgIpc) is 3.39. The number of alkyl halides is 1. The quantitative estimate of drug-likeness (QED) is 0.150. The topological polar surface area (TPSA) is 244 Å². The summed E-state index contributed by atoms with van der Waals surface area (Å²) >= 11 is 0. The fourth-order valence-corrected chi connectivity index (χ4v) is 4.64. The normalized spacial score (nSPS) is 23.7. The highest BCUT2D eigenvalue weighted by atomic mass is 31.2. The first-order valence-electron chi connectivity index (χ1n) is 13.1. The number of rotatable bonds is 14. The lowest BCUT2D eigenvalue weighted by molar-refractivity contribution is -0.205. The molecular formula is C23H35FN5O14P. The summed E-state index contributed by atoms with van der Waals surface area (Å²) in [7, 11) is -4.95. The monoisotopic (exact) mass is 655 g/mol. The molecule has 0 aliphatic carbocycles. The number of carbonyl (C=O) groups is 2. The summed E-state index contributed by atoms with van der Waals surface area (Å²) in [6.45, 7) is 5.56. The molecule has 1 saturated heterocycles. The number of nitrogens with two attached hydrogens (primary N) is 1. The Bertz CT molecular complexity index is 1330. The number of fused-ring (bicyclic) bond motifs is 1. The summed E-state index contributed by atoms with van der Waals surface area (Å²) in [5, 5.41) is 21.9. The highest BCUT2D eigenvalue weighted by molar-refractivity contribution is 7.48. The van der Waals surface area contributed by atoms with Gasteiger partial charge in [-0.25, -0.2) is 32.6 Å². The van der Waals surface area contributed by atoms with Crippen LogP contribution in [0, 0.1) is 0 Å². The first-order chi connectivity index (χ1) is 20.5. The first kappa shape index (κ1) is 35.1. The molecule has 44 heavy (non-hydrogen) atoms. The Balaban J connectivity index is 1.80. The molecule has 0 bridgehead atoms. The molecule has 248 valence electrons. The Morgan fingerprint density at radius 3 is 2.20 bits per heavy atom. The number of nitrogens with zero attached hydrogens (tertiary/aromatic N) is 4. The van der Waals surface area contributed by atoms with Crippen LogP contribution >= 0.6 is 7.82 Å². The largest absolute Gasteiger partial charge is 0.510 e. The molecule has 0 unspecified atom stereocenters. The molecule has 21 heteroatoms. The van der Waals surface area contributed by atoms with Crippen molar-refractivity contribution in [2.75, 3.05) is 32.5 Å². The van der Waals surface area contributed by atoms with E-state index in [0.29, 0.717) is 0 Å².